The molecule has 52 valence electrons. The Kier molecular flexibility index (Phi) is 2.43. The van der Waals surface area contributed by atoms with Crippen LogP contribution in [0.5, 0.6) is 0 Å². The topological polar surface area (TPSA) is 0 Å². The zero-order chi connectivity index (χ0) is 6.81. The van der Waals surface area contributed by atoms with Crippen LogP contribution in [0.2, 0.25) is 0 Å². The Morgan fingerprint density at radius 3 is 1.70 bits per heavy atom. The van der Waals surface area contributed by atoms with E-state index in [9.17, 15) is 0 Å². The summed E-state index contributed by atoms with van der Waals surface area (Å²) in [5.74, 6) is 0. The summed E-state index contributed by atoms with van der Waals surface area (Å²) in [5.41, 5.74) is 0. The van der Waals surface area contributed by atoms with Crippen LogP contribution < -0.4 is 0 Å². The van der Waals surface area contributed by atoms with Gasteiger partial charge in [0, 0.05) is 10.8 Å². The number of thioether (sulfide) groups is 2. The van der Waals surface area contributed by atoms with Crippen molar-refractivity contribution >= 4 is 47.0 Å². The van der Waals surface area contributed by atoms with E-state index in [0.717, 1.165) is 0 Å². The molecule has 0 spiro atoms. The molecule has 0 aliphatic carbocycles. The van der Waals surface area contributed by atoms with E-state index in [4.69, 9.17) is 0 Å². The molecule has 0 unspecified atom stereocenters. The minimum atomic E-state index is 1.38. The van der Waals surface area contributed by atoms with Crippen LogP contribution in [-0.2, 0) is 23.5 Å². The average Bonchev–Trinajstić information content (AvgIpc) is 2.59. The molecule has 0 bridgehead atoms. The van der Waals surface area contributed by atoms with Crippen LogP contribution in [0.1, 0.15) is 0 Å². The molecule has 10 heavy (non-hydrogen) atoms. The quantitative estimate of drug-likeness (QED) is 0.440. The highest BCUT2D eigenvalue weighted by molar-refractivity contribution is 8.25. The summed E-state index contributed by atoms with van der Waals surface area (Å²) in [7, 11) is 0. The summed E-state index contributed by atoms with van der Waals surface area (Å²) in [6.45, 7) is 0. The Balaban J connectivity index is 2.14. The van der Waals surface area contributed by atoms with Crippen LogP contribution >= 0.6 is 23.5 Å². The highest BCUT2D eigenvalue weighted by atomic mass is 32.2. The fourth-order valence-electron chi connectivity index (χ4n) is 0.658. The Labute approximate surface area is 77.0 Å². The van der Waals surface area contributed by atoms with E-state index in [1.54, 1.807) is 0 Å². The molecule has 0 nitrogen and oxygen atoms in total. The van der Waals surface area contributed by atoms with Gasteiger partial charge in [-0.3, -0.25) is 0 Å². The summed E-state index contributed by atoms with van der Waals surface area (Å²) >= 11 is 6.48. The lowest BCUT2D eigenvalue weighted by molar-refractivity contribution is 2.37. The van der Waals surface area contributed by atoms with E-state index >= 15 is 0 Å². The number of hydrogen-bond donors (Lipinski definition) is 0. The normalized spacial score (nSPS) is 30.4. The zero-order valence-corrected chi connectivity index (χ0v) is 8.44. The molecule has 0 radical (unpaired) electrons. The van der Waals surface area contributed by atoms with Crippen molar-refractivity contribution in [3.05, 3.63) is 30.1 Å². The van der Waals surface area contributed by atoms with E-state index in [1.165, 1.54) is 32.0 Å². The molecule has 0 atom stereocenters. The van der Waals surface area contributed by atoms with Gasteiger partial charge in [-0.25, -0.2) is 0 Å². The third kappa shape index (κ3) is 1.44. The second-order valence-corrected chi connectivity index (χ2v) is 6.12. The van der Waals surface area contributed by atoms with E-state index < -0.39 is 0 Å². The fourth-order valence-corrected chi connectivity index (χ4v) is 5.07. The predicted molar refractivity (Wildman–Crippen MR) is 58.0 cm³/mol. The maximum atomic E-state index is 2.20. The maximum Gasteiger partial charge on any atom is 0.258 e. The molecule has 0 amide bonds. The van der Waals surface area contributed by atoms with Crippen LogP contribution in [0.4, 0.5) is 0 Å². The van der Waals surface area contributed by atoms with E-state index in [2.05, 4.69) is 21.6 Å². The number of thiol groups is 2. The molecule has 0 aromatic heterocycles. The van der Waals surface area contributed by atoms with Gasteiger partial charge < -0.3 is 0 Å². The second kappa shape index (κ2) is 3.34. The highest BCUT2D eigenvalue weighted by Gasteiger charge is 2.26. The third-order valence-corrected chi connectivity index (χ3v) is 6.24. The molecule has 2 aliphatic rings. The molecule has 0 aromatic carbocycles. The number of rotatable bonds is 0. The van der Waals surface area contributed by atoms with Crippen molar-refractivity contribution in [2.24, 2.45) is 0 Å². The van der Waals surface area contributed by atoms with Gasteiger partial charge in [0.15, 0.2) is 0 Å². The van der Waals surface area contributed by atoms with Crippen molar-refractivity contribution in [3.63, 3.8) is 0 Å². The van der Waals surface area contributed by atoms with Crippen LogP contribution in [0.25, 0.3) is 0 Å². The van der Waals surface area contributed by atoms with Crippen molar-refractivity contribution in [2.75, 3.05) is 0 Å². The summed E-state index contributed by atoms with van der Waals surface area (Å²) in [5, 5.41) is 8.72. The molecule has 0 saturated heterocycles. The third-order valence-electron chi connectivity index (χ3n) is 1.05. The fraction of sp³-hybridized carbons (Fsp3) is 0. The first kappa shape index (κ1) is 7.28. The van der Waals surface area contributed by atoms with Gasteiger partial charge in [-0.05, 0) is 23.5 Å². The molecular weight excluding hydrogens is 200 g/mol. The van der Waals surface area contributed by atoms with Gasteiger partial charge in [-0.15, -0.1) is 0 Å². The molecule has 2 aliphatic heterocycles. The molecule has 0 fully saturated rings. The van der Waals surface area contributed by atoms with Crippen LogP contribution in [0, 0.1) is 0 Å². The zero-order valence-electron chi connectivity index (χ0n) is 5.02. The lowest BCUT2D eigenvalue weighted by Gasteiger charge is -1.83. The van der Waals surface area contributed by atoms with Gasteiger partial charge in [-0.1, -0.05) is 0 Å². The average molecular weight is 206 g/mol. The SMILES string of the molecule is C1=C[SH+]C(=C2SC=C[SH+]2)S1. The van der Waals surface area contributed by atoms with Gasteiger partial charge in [-0.2, -0.15) is 0 Å². The molecule has 0 N–H and O–H groups in total. The first-order chi connectivity index (χ1) is 4.97. The summed E-state index contributed by atoms with van der Waals surface area (Å²) in [6.07, 6.45) is 0. The van der Waals surface area contributed by atoms with Gasteiger partial charge >= 0.3 is 0 Å². The van der Waals surface area contributed by atoms with Gasteiger partial charge in [0.05, 0.1) is 23.5 Å². The first-order valence-corrected chi connectivity index (χ1v) is 6.45. The van der Waals surface area contributed by atoms with E-state index in [0.29, 0.717) is 0 Å². The standard InChI is InChI=1S/C6H4S4/c1-2-8-5(7-1)6-9-3-4-10-6/h1-4H/p+2. The summed E-state index contributed by atoms with van der Waals surface area (Å²) in [6, 6.07) is 0. The van der Waals surface area contributed by atoms with Gasteiger partial charge in [0.2, 0.25) is 0 Å². The largest absolute Gasteiger partial charge is 0.258 e. The minimum Gasteiger partial charge on any atom is -0.0358 e. The van der Waals surface area contributed by atoms with Crippen molar-refractivity contribution in [1.82, 2.24) is 0 Å². The lowest BCUT2D eigenvalue weighted by atomic mass is 11.2. The molecular formula is C6H6S4+2. The van der Waals surface area contributed by atoms with E-state index in [-0.39, 0.29) is 0 Å². The van der Waals surface area contributed by atoms with Gasteiger partial charge in [0.1, 0.15) is 10.8 Å². The maximum absolute atomic E-state index is 2.20. The Bertz CT molecular complexity index is 182. The van der Waals surface area contributed by atoms with E-state index in [1.807, 2.05) is 23.5 Å². The van der Waals surface area contributed by atoms with Gasteiger partial charge in [0.25, 0.3) is 8.47 Å². The molecule has 0 aromatic rings. The lowest BCUT2D eigenvalue weighted by Crippen LogP contribution is -1.77. The summed E-state index contributed by atoms with van der Waals surface area (Å²) in [4.78, 5) is 0. The first-order valence-electron chi connectivity index (χ1n) is 2.76. The highest BCUT2D eigenvalue weighted by Crippen LogP contribution is 2.38. The molecule has 4 heteroatoms. The summed E-state index contributed by atoms with van der Waals surface area (Å²) < 4.78 is 3.02. The van der Waals surface area contributed by atoms with Crippen LogP contribution in [0.15, 0.2) is 30.1 Å². The van der Waals surface area contributed by atoms with Crippen molar-refractivity contribution in [3.8, 4) is 0 Å². The predicted octanol–water partition coefficient (Wildman–Crippen LogP) is 2.18. The Morgan fingerprint density at radius 1 is 0.900 bits per heavy atom. The van der Waals surface area contributed by atoms with Crippen LogP contribution in [0.3, 0.4) is 0 Å². The molecule has 2 rings (SSSR count). The molecule has 0 saturated carbocycles. The van der Waals surface area contributed by atoms with Crippen molar-refractivity contribution in [1.29, 1.82) is 0 Å². The monoisotopic (exact) mass is 206 g/mol. The second-order valence-electron chi connectivity index (χ2n) is 1.67. The Morgan fingerprint density at radius 2 is 1.40 bits per heavy atom. The molecule has 2 heterocycles. The van der Waals surface area contributed by atoms with Crippen LogP contribution in [-0.4, -0.2) is 0 Å². The van der Waals surface area contributed by atoms with Crippen molar-refractivity contribution in [2.45, 2.75) is 0 Å². The van der Waals surface area contributed by atoms with Crippen molar-refractivity contribution < 1.29 is 0 Å². The number of hydrogen-bond acceptors (Lipinski definition) is 2. The Hall–Kier alpha value is 0.620. The smallest absolute Gasteiger partial charge is 0.0358 e. The minimum absolute atomic E-state index is 1.38.